The highest BCUT2D eigenvalue weighted by molar-refractivity contribution is 5.69. The van der Waals surface area contributed by atoms with Gasteiger partial charge in [0.1, 0.15) is 5.82 Å². The number of hydrogen-bond donors (Lipinski definition) is 1. The summed E-state index contributed by atoms with van der Waals surface area (Å²) in [5.74, 6) is -0.131. The molecule has 0 atom stereocenters. The lowest BCUT2D eigenvalue weighted by atomic mass is 9.94. The van der Waals surface area contributed by atoms with Crippen LogP contribution in [0.1, 0.15) is 37.5 Å². The molecule has 0 aliphatic heterocycles. The Kier molecular flexibility index (Phi) is 5.51. The first-order chi connectivity index (χ1) is 10.2. The van der Waals surface area contributed by atoms with Gasteiger partial charge in [-0.1, -0.05) is 51.1 Å². The average Bonchev–Trinajstić information content (AvgIpc) is 2.52. The van der Waals surface area contributed by atoms with E-state index in [-0.39, 0.29) is 5.82 Å². The summed E-state index contributed by atoms with van der Waals surface area (Å²) in [6.45, 7) is 7.89. The Bertz CT molecular complexity index is 605. The van der Waals surface area contributed by atoms with Crippen LogP contribution >= 0.6 is 0 Å². The zero-order chi connectivity index (χ0) is 15.2. The normalized spacial score (nSPS) is 10.9. The van der Waals surface area contributed by atoms with Gasteiger partial charge in [-0.2, -0.15) is 0 Å². The first-order valence-corrected chi connectivity index (χ1v) is 7.80. The van der Waals surface area contributed by atoms with Crippen molar-refractivity contribution in [1.29, 1.82) is 0 Å². The average molecular weight is 285 g/mol. The van der Waals surface area contributed by atoms with E-state index in [9.17, 15) is 4.39 Å². The number of rotatable bonds is 6. The highest BCUT2D eigenvalue weighted by Crippen LogP contribution is 2.29. The van der Waals surface area contributed by atoms with E-state index in [0.29, 0.717) is 12.1 Å². The van der Waals surface area contributed by atoms with Gasteiger partial charge < -0.3 is 5.32 Å². The minimum Gasteiger partial charge on any atom is -0.313 e. The molecule has 0 fully saturated rings. The van der Waals surface area contributed by atoms with Crippen molar-refractivity contribution in [2.45, 2.75) is 40.2 Å². The predicted octanol–water partition coefficient (Wildman–Crippen LogP) is 4.73. The van der Waals surface area contributed by atoms with E-state index < -0.39 is 0 Å². The number of nitrogens with one attached hydrogen (secondary N) is 1. The zero-order valence-electron chi connectivity index (χ0n) is 13.2. The molecule has 0 aliphatic carbocycles. The van der Waals surface area contributed by atoms with Gasteiger partial charge in [0.25, 0.3) is 0 Å². The molecular weight excluding hydrogens is 261 g/mol. The van der Waals surface area contributed by atoms with E-state index in [2.05, 4.69) is 44.3 Å². The summed E-state index contributed by atoms with van der Waals surface area (Å²) in [5.41, 5.74) is 5.18. The van der Waals surface area contributed by atoms with Crippen molar-refractivity contribution in [3.05, 3.63) is 58.9 Å². The molecule has 2 rings (SSSR count). The molecule has 0 unspecified atom stereocenters. The van der Waals surface area contributed by atoms with E-state index in [0.717, 1.165) is 30.5 Å². The third-order valence-electron chi connectivity index (χ3n) is 3.87. The van der Waals surface area contributed by atoms with Crippen LogP contribution in [0.25, 0.3) is 11.1 Å². The molecule has 112 valence electrons. The summed E-state index contributed by atoms with van der Waals surface area (Å²) in [4.78, 5) is 0. The molecule has 0 radical (unpaired) electrons. The predicted molar refractivity (Wildman–Crippen MR) is 88.0 cm³/mol. The summed E-state index contributed by atoms with van der Waals surface area (Å²) in [6.07, 6.45) is 1.88. The van der Waals surface area contributed by atoms with Crippen molar-refractivity contribution in [2.75, 3.05) is 6.54 Å². The van der Waals surface area contributed by atoms with Crippen molar-refractivity contribution in [3.63, 3.8) is 0 Å². The highest BCUT2D eigenvalue weighted by Gasteiger charge is 2.10. The Hall–Kier alpha value is -1.67. The molecule has 0 spiro atoms. The van der Waals surface area contributed by atoms with Crippen LogP contribution < -0.4 is 5.32 Å². The number of aryl methyl sites for hydroxylation is 2. The summed E-state index contributed by atoms with van der Waals surface area (Å²) >= 11 is 0. The van der Waals surface area contributed by atoms with Crippen molar-refractivity contribution in [2.24, 2.45) is 0 Å². The van der Waals surface area contributed by atoms with Crippen molar-refractivity contribution in [1.82, 2.24) is 5.32 Å². The second-order valence-electron chi connectivity index (χ2n) is 5.29. The van der Waals surface area contributed by atoms with E-state index >= 15 is 0 Å². The third kappa shape index (κ3) is 3.70. The maximum Gasteiger partial charge on any atom is 0.131 e. The fourth-order valence-corrected chi connectivity index (χ4v) is 2.56. The molecule has 0 aliphatic rings. The van der Waals surface area contributed by atoms with Gasteiger partial charge in [0.05, 0.1) is 0 Å². The third-order valence-corrected chi connectivity index (χ3v) is 3.87. The minimum atomic E-state index is -0.131. The Morgan fingerprint density at radius 3 is 2.24 bits per heavy atom. The van der Waals surface area contributed by atoms with Crippen LogP contribution in [0.15, 0.2) is 36.4 Å². The first kappa shape index (κ1) is 15.7. The lowest BCUT2D eigenvalue weighted by Crippen LogP contribution is -2.11. The smallest absolute Gasteiger partial charge is 0.131 e. The van der Waals surface area contributed by atoms with Gasteiger partial charge in [0.15, 0.2) is 0 Å². The number of benzene rings is 2. The molecule has 0 saturated heterocycles. The molecule has 0 bridgehead atoms. The lowest BCUT2D eigenvalue weighted by molar-refractivity contribution is 0.625. The Morgan fingerprint density at radius 1 is 0.857 bits per heavy atom. The van der Waals surface area contributed by atoms with Crippen LogP contribution in [-0.4, -0.2) is 6.54 Å². The van der Waals surface area contributed by atoms with Gasteiger partial charge in [-0.25, -0.2) is 4.39 Å². The number of hydrogen-bond acceptors (Lipinski definition) is 1. The van der Waals surface area contributed by atoms with Crippen molar-refractivity contribution in [3.8, 4) is 11.1 Å². The van der Waals surface area contributed by atoms with Crippen molar-refractivity contribution >= 4 is 0 Å². The Labute approximate surface area is 127 Å². The SMILES string of the molecule is CCNCc1ccc(-c2cc(CC)ccc2CC)c(F)c1. The first-order valence-electron chi connectivity index (χ1n) is 7.80. The molecule has 21 heavy (non-hydrogen) atoms. The van der Waals surface area contributed by atoms with Crippen LogP contribution in [0.3, 0.4) is 0 Å². The molecule has 1 N–H and O–H groups in total. The molecule has 2 aromatic rings. The maximum atomic E-state index is 14.5. The van der Waals surface area contributed by atoms with Crippen LogP contribution in [0.4, 0.5) is 4.39 Å². The van der Waals surface area contributed by atoms with Gasteiger partial charge in [0, 0.05) is 12.1 Å². The topological polar surface area (TPSA) is 12.0 Å². The second kappa shape index (κ2) is 7.37. The highest BCUT2D eigenvalue weighted by atomic mass is 19.1. The fraction of sp³-hybridized carbons (Fsp3) is 0.368. The molecule has 2 heteroatoms. The van der Waals surface area contributed by atoms with E-state index in [1.54, 1.807) is 6.07 Å². The molecule has 0 aromatic heterocycles. The van der Waals surface area contributed by atoms with E-state index in [1.165, 1.54) is 11.1 Å². The van der Waals surface area contributed by atoms with Crippen LogP contribution in [0.2, 0.25) is 0 Å². The van der Waals surface area contributed by atoms with Gasteiger partial charge in [0.2, 0.25) is 0 Å². The van der Waals surface area contributed by atoms with Gasteiger partial charge >= 0.3 is 0 Å². The van der Waals surface area contributed by atoms with E-state index in [4.69, 9.17) is 0 Å². The summed E-state index contributed by atoms with van der Waals surface area (Å²) < 4.78 is 14.5. The molecule has 2 aromatic carbocycles. The zero-order valence-corrected chi connectivity index (χ0v) is 13.2. The van der Waals surface area contributed by atoms with Gasteiger partial charge in [-0.05, 0) is 47.7 Å². The van der Waals surface area contributed by atoms with Gasteiger partial charge in [-0.15, -0.1) is 0 Å². The molecule has 0 saturated carbocycles. The minimum absolute atomic E-state index is 0.131. The molecule has 0 amide bonds. The Morgan fingerprint density at radius 2 is 1.62 bits per heavy atom. The Balaban J connectivity index is 2.41. The molecule has 1 nitrogen and oxygen atoms in total. The summed E-state index contributed by atoms with van der Waals surface area (Å²) in [7, 11) is 0. The van der Waals surface area contributed by atoms with Crippen LogP contribution in [0, 0.1) is 5.82 Å². The monoisotopic (exact) mass is 285 g/mol. The maximum absolute atomic E-state index is 14.5. The standard InChI is InChI=1S/C19H24FN/c1-4-14-7-9-16(5-2)18(11-14)17-10-8-15(12-19(17)20)13-21-6-3/h7-12,21H,4-6,13H2,1-3H3. The molecular formula is C19H24FN. The van der Waals surface area contributed by atoms with E-state index in [1.807, 2.05) is 12.1 Å². The summed E-state index contributed by atoms with van der Waals surface area (Å²) in [5, 5.41) is 3.23. The van der Waals surface area contributed by atoms with Gasteiger partial charge in [-0.3, -0.25) is 0 Å². The van der Waals surface area contributed by atoms with Crippen LogP contribution in [0.5, 0.6) is 0 Å². The lowest BCUT2D eigenvalue weighted by Gasteiger charge is -2.12. The second-order valence-corrected chi connectivity index (χ2v) is 5.29. The fourth-order valence-electron chi connectivity index (χ4n) is 2.56. The quantitative estimate of drug-likeness (QED) is 0.809. The van der Waals surface area contributed by atoms with Crippen molar-refractivity contribution < 1.29 is 4.39 Å². The van der Waals surface area contributed by atoms with Crippen LogP contribution in [-0.2, 0) is 19.4 Å². The number of halogens is 1. The largest absolute Gasteiger partial charge is 0.313 e. The molecule has 0 heterocycles. The summed E-state index contributed by atoms with van der Waals surface area (Å²) in [6, 6.07) is 12.0.